The second-order valence-electron chi connectivity index (χ2n) is 6.39. The van der Waals surface area contributed by atoms with E-state index in [4.69, 9.17) is 4.74 Å². The van der Waals surface area contributed by atoms with Gasteiger partial charge in [-0.15, -0.1) is 0 Å². The molecular weight excluding hydrogens is 308 g/mol. The van der Waals surface area contributed by atoms with Crippen molar-refractivity contribution in [1.29, 1.82) is 0 Å². The van der Waals surface area contributed by atoms with Crippen LogP contribution in [0.3, 0.4) is 0 Å². The Morgan fingerprint density at radius 1 is 1.42 bits per heavy atom. The van der Waals surface area contributed by atoms with Crippen LogP contribution in [0.1, 0.15) is 11.1 Å². The number of rotatable bonds is 3. The van der Waals surface area contributed by atoms with E-state index in [0.717, 1.165) is 11.9 Å². The lowest BCUT2D eigenvalue weighted by atomic mass is 10.1. The lowest BCUT2D eigenvalue weighted by Crippen LogP contribution is -2.42. The molecule has 3 amide bonds. The number of nitrogens with zero attached hydrogens (tertiary/aromatic N) is 1. The summed E-state index contributed by atoms with van der Waals surface area (Å²) in [4.78, 5) is 28.3. The van der Waals surface area contributed by atoms with Crippen LogP contribution in [-0.4, -0.2) is 53.8 Å². The molecule has 0 radical (unpaired) electrons. The lowest BCUT2D eigenvalue weighted by Gasteiger charge is -2.17. The smallest absolute Gasteiger partial charge is 0.407 e. The van der Waals surface area contributed by atoms with Crippen molar-refractivity contribution in [2.75, 3.05) is 19.6 Å². The minimum atomic E-state index is -0.389. The second-order valence-corrected chi connectivity index (χ2v) is 6.39. The molecule has 0 aliphatic carbocycles. The maximum Gasteiger partial charge on any atom is 0.407 e. The zero-order valence-electron chi connectivity index (χ0n) is 13.5. The molecule has 0 spiro atoms. The summed E-state index contributed by atoms with van der Waals surface area (Å²) in [6.45, 7) is 3.60. The SMILES string of the molecule is Cc1cccc2[nH]cc(CCNC(=O)N3C[C@@H]4NC(=O)O[C@@H]4C3)c12. The van der Waals surface area contributed by atoms with Crippen molar-refractivity contribution >= 4 is 23.0 Å². The average molecular weight is 328 g/mol. The van der Waals surface area contributed by atoms with Crippen LogP contribution in [0.2, 0.25) is 0 Å². The first-order valence-electron chi connectivity index (χ1n) is 8.17. The highest BCUT2D eigenvalue weighted by Gasteiger charge is 2.43. The van der Waals surface area contributed by atoms with Crippen molar-refractivity contribution < 1.29 is 14.3 Å². The first kappa shape index (κ1) is 14.9. The molecule has 7 nitrogen and oxygen atoms in total. The van der Waals surface area contributed by atoms with Crippen molar-refractivity contribution in [1.82, 2.24) is 20.5 Å². The number of carbonyl (C=O) groups excluding carboxylic acids is 2. The molecule has 2 saturated heterocycles. The predicted molar refractivity (Wildman–Crippen MR) is 88.9 cm³/mol. The highest BCUT2D eigenvalue weighted by atomic mass is 16.6. The monoisotopic (exact) mass is 328 g/mol. The third kappa shape index (κ3) is 2.55. The molecule has 2 fully saturated rings. The van der Waals surface area contributed by atoms with Gasteiger partial charge in [-0.25, -0.2) is 9.59 Å². The maximum atomic E-state index is 12.3. The van der Waals surface area contributed by atoms with Crippen LogP contribution in [-0.2, 0) is 11.2 Å². The van der Waals surface area contributed by atoms with E-state index >= 15 is 0 Å². The van der Waals surface area contributed by atoms with Crippen LogP contribution in [0.25, 0.3) is 10.9 Å². The third-order valence-corrected chi connectivity index (χ3v) is 4.78. The molecule has 3 N–H and O–H groups in total. The summed E-state index contributed by atoms with van der Waals surface area (Å²) in [5.74, 6) is 0. The number of aryl methyl sites for hydroxylation is 1. The Kier molecular flexibility index (Phi) is 3.55. The Morgan fingerprint density at radius 2 is 2.29 bits per heavy atom. The summed E-state index contributed by atoms with van der Waals surface area (Å²) in [7, 11) is 0. The molecule has 2 aromatic rings. The quantitative estimate of drug-likeness (QED) is 0.798. The van der Waals surface area contributed by atoms with Gasteiger partial charge in [0.1, 0.15) is 6.10 Å². The van der Waals surface area contributed by atoms with Gasteiger partial charge in [-0.3, -0.25) is 0 Å². The highest BCUT2D eigenvalue weighted by Crippen LogP contribution is 2.22. The number of ether oxygens (including phenoxy) is 1. The van der Waals surface area contributed by atoms with Crippen LogP contribution in [0, 0.1) is 6.92 Å². The van der Waals surface area contributed by atoms with Crippen LogP contribution in [0.15, 0.2) is 24.4 Å². The number of alkyl carbamates (subject to hydrolysis) is 1. The number of likely N-dealkylation sites (tertiary alicyclic amines) is 1. The first-order chi connectivity index (χ1) is 11.6. The van der Waals surface area contributed by atoms with E-state index < -0.39 is 0 Å². The average Bonchev–Trinajstić information content (AvgIpc) is 3.20. The fourth-order valence-corrected chi connectivity index (χ4v) is 3.59. The van der Waals surface area contributed by atoms with Crippen molar-refractivity contribution in [3.63, 3.8) is 0 Å². The van der Waals surface area contributed by atoms with E-state index in [1.165, 1.54) is 16.5 Å². The lowest BCUT2D eigenvalue weighted by molar-refractivity contribution is 0.132. The van der Waals surface area contributed by atoms with Gasteiger partial charge < -0.3 is 25.3 Å². The normalized spacial score (nSPS) is 22.4. The van der Waals surface area contributed by atoms with Gasteiger partial charge in [-0.1, -0.05) is 12.1 Å². The number of amides is 3. The molecule has 126 valence electrons. The summed E-state index contributed by atoms with van der Waals surface area (Å²) < 4.78 is 5.11. The molecule has 4 rings (SSSR count). The number of hydrogen-bond acceptors (Lipinski definition) is 3. The van der Waals surface area contributed by atoms with E-state index in [2.05, 4.69) is 34.7 Å². The van der Waals surface area contributed by atoms with Gasteiger partial charge >= 0.3 is 12.1 Å². The second kappa shape index (κ2) is 5.74. The molecule has 2 atom stereocenters. The summed E-state index contributed by atoms with van der Waals surface area (Å²) >= 11 is 0. The molecule has 0 unspecified atom stereocenters. The van der Waals surface area contributed by atoms with Crippen molar-refractivity contribution in [3.8, 4) is 0 Å². The molecule has 24 heavy (non-hydrogen) atoms. The number of fused-ring (bicyclic) bond motifs is 2. The number of urea groups is 1. The largest absolute Gasteiger partial charge is 0.442 e. The maximum absolute atomic E-state index is 12.3. The molecule has 1 aromatic carbocycles. The Bertz CT molecular complexity index is 784. The molecule has 3 heterocycles. The van der Waals surface area contributed by atoms with Gasteiger partial charge in [0.15, 0.2) is 0 Å². The predicted octanol–water partition coefficient (Wildman–Crippen LogP) is 1.52. The molecule has 0 bridgehead atoms. The van der Waals surface area contributed by atoms with E-state index in [-0.39, 0.29) is 24.3 Å². The zero-order chi connectivity index (χ0) is 16.7. The fourth-order valence-electron chi connectivity index (χ4n) is 3.59. The molecule has 2 aliphatic heterocycles. The summed E-state index contributed by atoms with van der Waals surface area (Å²) in [6, 6.07) is 5.99. The van der Waals surface area contributed by atoms with Gasteiger partial charge in [0.2, 0.25) is 0 Å². The van der Waals surface area contributed by atoms with Gasteiger partial charge in [-0.2, -0.15) is 0 Å². The topological polar surface area (TPSA) is 86.5 Å². The van der Waals surface area contributed by atoms with Crippen LogP contribution in [0.4, 0.5) is 9.59 Å². The van der Waals surface area contributed by atoms with Gasteiger partial charge in [-0.05, 0) is 30.5 Å². The molecule has 7 heteroatoms. The standard InChI is InChI=1S/C17H20N4O3/c1-10-3-2-4-12-15(10)11(7-19-12)5-6-18-16(22)21-8-13-14(9-21)24-17(23)20-13/h2-4,7,13-14,19H,5-6,8-9H2,1H3,(H,18,22)(H,20,23)/t13-,14+/m0/s1. The van der Waals surface area contributed by atoms with E-state index in [9.17, 15) is 9.59 Å². The number of aromatic nitrogens is 1. The van der Waals surface area contributed by atoms with Crippen LogP contribution < -0.4 is 10.6 Å². The first-order valence-corrected chi connectivity index (χ1v) is 8.17. The van der Waals surface area contributed by atoms with E-state index in [1.54, 1.807) is 4.90 Å². The molecule has 0 saturated carbocycles. The van der Waals surface area contributed by atoms with Crippen LogP contribution in [0.5, 0.6) is 0 Å². The van der Waals surface area contributed by atoms with Gasteiger partial charge in [0.05, 0.1) is 12.6 Å². The fraction of sp³-hybridized carbons (Fsp3) is 0.412. The number of hydrogen-bond donors (Lipinski definition) is 3. The zero-order valence-corrected chi connectivity index (χ0v) is 13.5. The summed E-state index contributed by atoms with van der Waals surface area (Å²) in [6.07, 6.45) is 2.16. The van der Waals surface area contributed by atoms with Crippen molar-refractivity contribution in [2.45, 2.75) is 25.5 Å². The number of nitrogens with one attached hydrogen (secondary N) is 3. The molecule has 2 aliphatic rings. The van der Waals surface area contributed by atoms with Crippen molar-refractivity contribution in [3.05, 3.63) is 35.5 Å². The van der Waals surface area contributed by atoms with Crippen LogP contribution >= 0.6 is 0 Å². The van der Waals surface area contributed by atoms with Crippen molar-refractivity contribution in [2.24, 2.45) is 0 Å². The number of carbonyl (C=O) groups is 2. The summed E-state index contributed by atoms with van der Waals surface area (Å²) in [5.41, 5.74) is 3.56. The van der Waals surface area contributed by atoms with Gasteiger partial charge in [0, 0.05) is 30.2 Å². The minimum Gasteiger partial charge on any atom is -0.442 e. The molecular formula is C17H20N4O3. The third-order valence-electron chi connectivity index (χ3n) is 4.78. The number of aromatic amines is 1. The molecule has 1 aromatic heterocycles. The summed E-state index contributed by atoms with van der Waals surface area (Å²) in [5, 5.41) is 6.91. The Morgan fingerprint density at radius 3 is 3.12 bits per heavy atom. The minimum absolute atomic E-state index is 0.0838. The highest BCUT2D eigenvalue weighted by molar-refractivity contribution is 5.86. The number of benzene rings is 1. The Balaban J connectivity index is 1.33. The van der Waals surface area contributed by atoms with Gasteiger partial charge in [0.25, 0.3) is 0 Å². The Hall–Kier alpha value is -2.70. The van der Waals surface area contributed by atoms with E-state index in [0.29, 0.717) is 19.6 Å². The Labute approximate surface area is 139 Å². The van der Waals surface area contributed by atoms with E-state index in [1.807, 2.05) is 12.3 Å². The number of H-pyrrole nitrogens is 1.